The molecule has 6 heteroatoms. The number of aromatic nitrogens is 1. The summed E-state index contributed by atoms with van der Waals surface area (Å²) >= 11 is 12.0. The Morgan fingerprint density at radius 1 is 1.32 bits per heavy atom. The SMILES string of the molecule is CCC1c2ccnc(F)c2CC(C)N1C(=O)Cc1ccc(Cl)c(Cl)c1. The van der Waals surface area contributed by atoms with Gasteiger partial charge < -0.3 is 4.90 Å². The van der Waals surface area contributed by atoms with E-state index >= 15 is 0 Å². The molecule has 132 valence electrons. The first-order valence-electron chi connectivity index (χ1n) is 8.30. The highest BCUT2D eigenvalue weighted by Gasteiger charge is 2.35. The van der Waals surface area contributed by atoms with Crippen LogP contribution >= 0.6 is 23.2 Å². The van der Waals surface area contributed by atoms with E-state index in [0.717, 1.165) is 11.1 Å². The Bertz CT molecular complexity index is 812. The summed E-state index contributed by atoms with van der Waals surface area (Å²) in [6, 6.07) is 6.80. The summed E-state index contributed by atoms with van der Waals surface area (Å²) in [5.74, 6) is -0.431. The van der Waals surface area contributed by atoms with E-state index in [9.17, 15) is 9.18 Å². The summed E-state index contributed by atoms with van der Waals surface area (Å²) < 4.78 is 14.1. The lowest BCUT2D eigenvalue weighted by atomic mass is 9.88. The summed E-state index contributed by atoms with van der Waals surface area (Å²) in [4.78, 5) is 18.6. The van der Waals surface area contributed by atoms with Crippen molar-refractivity contribution in [1.82, 2.24) is 9.88 Å². The van der Waals surface area contributed by atoms with Crippen molar-refractivity contribution in [3.05, 3.63) is 63.1 Å². The minimum Gasteiger partial charge on any atom is -0.332 e. The standard InChI is InChI=1S/C19H19Cl2FN2O/c1-3-17-13-6-7-23-19(22)14(13)8-11(2)24(17)18(25)10-12-4-5-15(20)16(21)9-12/h4-7,9,11,17H,3,8,10H2,1-2H3. The third kappa shape index (κ3) is 3.51. The van der Waals surface area contributed by atoms with E-state index in [-0.39, 0.29) is 24.4 Å². The second-order valence-electron chi connectivity index (χ2n) is 6.37. The molecule has 3 rings (SSSR count). The molecule has 0 saturated carbocycles. The molecular weight excluding hydrogens is 362 g/mol. The lowest BCUT2D eigenvalue weighted by Crippen LogP contribution is -2.46. The lowest BCUT2D eigenvalue weighted by Gasteiger charge is -2.41. The van der Waals surface area contributed by atoms with Gasteiger partial charge >= 0.3 is 0 Å². The number of hydrogen-bond donors (Lipinski definition) is 0. The van der Waals surface area contributed by atoms with Crippen molar-refractivity contribution < 1.29 is 9.18 Å². The van der Waals surface area contributed by atoms with Crippen molar-refractivity contribution in [1.29, 1.82) is 0 Å². The fourth-order valence-corrected chi connectivity index (χ4v) is 3.92. The molecule has 1 aliphatic heterocycles. The maximum Gasteiger partial charge on any atom is 0.227 e. The average Bonchev–Trinajstić information content (AvgIpc) is 2.57. The molecule has 1 aromatic heterocycles. The Morgan fingerprint density at radius 2 is 2.08 bits per heavy atom. The van der Waals surface area contributed by atoms with Crippen molar-refractivity contribution in [3.8, 4) is 0 Å². The maximum atomic E-state index is 14.1. The first-order valence-corrected chi connectivity index (χ1v) is 9.06. The number of fused-ring (bicyclic) bond motifs is 1. The third-order valence-electron chi connectivity index (χ3n) is 4.72. The Morgan fingerprint density at radius 3 is 2.76 bits per heavy atom. The molecule has 0 saturated heterocycles. The molecule has 0 radical (unpaired) electrons. The Hall–Kier alpha value is -1.65. The van der Waals surface area contributed by atoms with E-state index in [0.29, 0.717) is 28.5 Å². The predicted molar refractivity (Wildman–Crippen MR) is 97.4 cm³/mol. The summed E-state index contributed by atoms with van der Waals surface area (Å²) in [7, 11) is 0. The molecule has 2 aromatic rings. The summed E-state index contributed by atoms with van der Waals surface area (Å²) in [6.45, 7) is 3.95. The molecule has 25 heavy (non-hydrogen) atoms. The monoisotopic (exact) mass is 380 g/mol. The van der Waals surface area contributed by atoms with Gasteiger partial charge in [0.15, 0.2) is 0 Å². The Kier molecular flexibility index (Phi) is 5.30. The van der Waals surface area contributed by atoms with Crippen molar-refractivity contribution in [2.24, 2.45) is 0 Å². The largest absolute Gasteiger partial charge is 0.332 e. The van der Waals surface area contributed by atoms with Crippen molar-refractivity contribution in [2.75, 3.05) is 0 Å². The van der Waals surface area contributed by atoms with Crippen LogP contribution in [0.2, 0.25) is 10.0 Å². The van der Waals surface area contributed by atoms with E-state index in [1.165, 1.54) is 6.20 Å². The number of hydrogen-bond acceptors (Lipinski definition) is 2. The zero-order valence-corrected chi connectivity index (χ0v) is 15.6. The number of carbonyl (C=O) groups excluding carboxylic acids is 1. The molecule has 0 spiro atoms. The van der Waals surface area contributed by atoms with Gasteiger partial charge in [0.05, 0.1) is 22.5 Å². The van der Waals surface area contributed by atoms with Crippen LogP contribution in [0.1, 0.15) is 43.0 Å². The molecule has 0 aliphatic carbocycles. The normalized spacial score (nSPS) is 19.6. The van der Waals surface area contributed by atoms with Gasteiger partial charge in [0, 0.05) is 17.8 Å². The highest BCUT2D eigenvalue weighted by Crippen LogP contribution is 2.36. The van der Waals surface area contributed by atoms with Crippen molar-refractivity contribution in [3.63, 3.8) is 0 Å². The van der Waals surface area contributed by atoms with Crippen LogP contribution < -0.4 is 0 Å². The molecule has 2 heterocycles. The molecule has 1 aliphatic rings. The number of rotatable bonds is 3. The Balaban J connectivity index is 1.89. The van der Waals surface area contributed by atoms with Gasteiger partial charge in [-0.1, -0.05) is 36.2 Å². The average molecular weight is 381 g/mol. The van der Waals surface area contributed by atoms with Crippen LogP contribution in [-0.4, -0.2) is 21.8 Å². The molecule has 0 fully saturated rings. The van der Waals surface area contributed by atoms with Crippen LogP contribution in [0.5, 0.6) is 0 Å². The van der Waals surface area contributed by atoms with Crippen LogP contribution in [-0.2, 0) is 17.6 Å². The topological polar surface area (TPSA) is 33.2 Å². The smallest absolute Gasteiger partial charge is 0.227 e. The third-order valence-corrected chi connectivity index (χ3v) is 5.46. The van der Waals surface area contributed by atoms with Gasteiger partial charge in [-0.15, -0.1) is 0 Å². The van der Waals surface area contributed by atoms with E-state index in [1.54, 1.807) is 18.2 Å². The summed E-state index contributed by atoms with van der Waals surface area (Å²) in [6.07, 6.45) is 2.89. The molecule has 2 unspecified atom stereocenters. The van der Waals surface area contributed by atoms with Gasteiger partial charge in [-0.3, -0.25) is 4.79 Å². The van der Waals surface area contributed by atoms with E-state index < -0.39 is 5.95 Å². The number of amides is 1. The molecule has 0 N–H and O–H groups in total. The van der Waals surface area contributed by atoms with Crippen LogP contribution in [0.25, 0.3) is 0 Å². The summed E-state index contributed by atoms with van der Waals surface area (Å²) in [5, 5.41) is 0.900. The minimum absolute atomic E-state index is 0.000564. The number of nitrogens with zero attached hydrogens (tertiary/aromatic N) is 2. The quantitative estimate of drug-likeness (QED) is 0.702. The van der Waals surface area contributed by atoms with Crippen LogP contribution in [0, 0.1) is 5.95 Å². The van der Waals surface area contributed by atoms with E-state index in [1.807, 2.05) is 24.8 Å². The van der Waals surface area contributed by atoms with Crippen molar-refractivity contribution in [2.45, 2.75) is 45.2 Å². The van der Waals surface area contributed by atoms with Crippen LogP contribution in [0.3, 0.4) is 0 Å². The van der Waals surface area contributed by atoms with E-state index in [4.69, 9.17) is 23.2 Å². The Labute approximate surface area is 156 Å². The van der Waals surface area contributed by atoms with Gasteiger partial charge in [-0.25, -0.2) is 4.98 Å². The van der Waals surface area contributed by atoms with Gasteiger partial charge in [0.1, 0.15) is 0 Å². The molecule has 1 amide bonds. The molecule has 1 aromatic carbocycles. The number of benzene rings is 1. The number of carbonyl (C=O) groups is 1. The zero-order valence-electron chi connectivity index (χ0n) is 14.1. The van der Waals surface area contributed by atoms with E-state index in [2.05, 4.69) is 4.98 Å². The van der Waals surface area contributed by atoms with Crippen molar-refractivity contribution >= 4 is 29.1 Å². The van der Waals surface area contributed by atoms with Crippen LogP contribution in [0.4, 0.5) is 4.39 Å². The molecule has 3 nitrogen and oxygen atoms in total. The fourth-order valence-electron chi connectivity index (χ4n) is 3.60. The van der Waals surface area contributed by atoms with Gasteiger partial charge in [-0.2, -0.15) is 4.39 Å². The number of pyridine rings is 1. The summed E-state index contributed by atoms with van der Waals surface area (Å²) in [5.41, 5.74) is 2.30. The molecular formula is C19H19Cl2FN2O. The maximum absolute atomic E-state index is 14.1. The second kappa shape index (κ2) is 7.30. The highest BCUT2D eigenvalue weighted by atomic mass is 35.5. The number of halogens is 3. The zero-order chi connectivity index (χ0) is 18.1. The minimum atomic E-state index is -0.431. The van der Waals surface area contributed by atoms with Crippen LogP contribution in [0.15, 0.2) is 30.5 Å². The lowest BCUT2D eigenvalue weighted by molar-refractivity contribution is -0.136. The predicted octanol–water partition coefficient (Wildman–Crippen LogP) is 4.99. The first-order chi connectivity index (χ1) is 11.9. The fraction of sp³-hybridized carbons (Fsp3) is 0.368. The van der Waals surface area contributed by atoms with Gasteiger partial charge in [0.2, 0.25) is 11.9 Å². The molecule has 2 atom stereocenters. The van der Waals surface area contributed by atoms with Gasteiger partial charge in [-0.05, 0) is 49.1 Å². The highest BCUT2D eigenvalue weighted by molar-refractivity contribution is 6.42. The van der Waals surface area contributed by atoms with Gasteiger partial charge in [0.25, 0.3) is 0 Å². The molecule has 0 bridgehead atoms. The second-order valence-corrected chi connectivity index (χ2v) is 7.19. The first kappa shape index (κ1) is 18.2.